The Kier molecular flexibility index (Phi) is 7.61. The molecule has 0 saturated heterocycles. The maximum absolute atomic E-state index is 5.91. The summed E-state index contributed by atoms with van der Waals surface area (Å²) in [5.74, 6) is 1.91. The molecule has 26 heavy (non-hydrogen) atoms. The summed E-state index contributed by atoms with van der Waals surface area (Å²) in [5, 5.41) is 3.60. The van der Waals surface area contributed by atoms with Crippen LogP contribution in [-0.2, 0) is 0 Å². The predicted molar refractivity (Wildman–Crippen MR) is 115 cm³/mol. The highest BCUT2D eigenvalue weighted by Crippen LogP contribution is 2.60. The maximum atomic E-state index is 5.91. The zero-order valence-corrected chi connectivity index (χ0v) is 18.0. The minimum Gasteiger partial charge on any atom is -0.399 e. The summed E-state index contributed by atoms with van der Waals surface area (Å²) in [5.41, 5.74) is 9.91. The zero-order valence-electron chi connectivity index (χ0n) is 18.0. The van der Waals surface area contributed by atoms with Crippen LogP contribution in [0.2, 0.25) is 0 Å². The van der Waals surface area contributed by atoms with Crippen molar-refractivity contribution >= 4 is 0 Å². The summed E-state index contributed by atoms with van der Waals surface area (Å²) in [6.45, 7) is 28.7. The van der Waals surface area contributed by atoms with Crippen LogP contribution >= 0.6 is 0 Å². The molecule has 0 aromatic heterocycles. The third-order valence-corrected chi connectivity index (χ3v) is 6.42. The quantitative estimate of drug-likeness (QED) is 0.479. The molecular formula is C23H41N3. The smallest absolute Gasteiger partial charge is 0.0527 e. The zero-order chi connectivity index (χ0) is 20.2. The van der Waals surface area contributed by atoms with E-state index in [1.807, 2.05) is 0 Å². The van der Waals surface area contributed by atoms with Crippen LogP contribution < -0.4 is 11.1 Å². The van der Waals surface area contributed by atoms with E-state index in [9.17, 15) is 0 Å². The summed E-state index contributed by atoms with van der Waals surface area (Å²) < 4.78 is 0. The molecule has 0 aliphatic heterocycles. The van der Waals surface area contributed by atoms with Gasteiger partial charge in [0.1, 0.15) is 0 Å². The number of nitrogens with one attached hydrogen (secondary N) is 1. The Morgan fingerprint density at radius 1 is 1.19 bits per heavy atom. The van der Waals surface area contributed by atoms with Crippen molar-refractivity contribution in [2.75, 3.05) is 13.6 Å². The largest absolute Gasteiger partial charge is 0.399 e. The highest BCUT2D eigenvalue weighted by molar-refractivity contribution is 5.29. The SMILES string of the molecule is C=C(C[C@@H]1[C@H](CN(C)C(=C)C)C1(C)C)NC(CC(C)CC)C(=C)C(=C)N. The van der Waals surface area contributed by atoms with E-state index in [0.717, 1.165) is 42.8 Å². The Bertz CT molecular complexity index is 558. The summed E-state index contributed by atoms with van der Waals surface area (Å²) in [6.07, 6.45) is 3.13. The van der Waals surface area contributed by atoms with Gasteiger partial charge in [-0.2, -0.15) is 0 Å². The summed E-state index contributed by atoms with van der Waals surface area (Å²) in [4.78, 5) is 2.26. The van der Waals surface area contributed by atoms with Crippen molar-refractivity contribution in [2.45, 2.75) is 59.9 Å². The van der Waals surface area contributed by atoms with Crippen molar-refractivity contribution in [3.63, 3.8) is 0 Å². The van der Waals surface area contributed by atoms with E-state index >= 15 is 0 Å². The molecule has 1 aliphatic carbocycles. The molecule has 1 aliphatic rings. The molecule has 1 rings (SSSR count). The van der Waals surface area contributed by atoms with Crippen molar-refractivity contribution in [1.29, 1.82) is 0 Å². The van der Waals surface area contributed by atoms with E-state index in [-0.39, 0.29) is 6.04 Å². The molecule has 0 bridgehead atoms. The average molecular weight is 360 g/mol. The first-order valence-electron chi connectivity index (χ1n) is 9.86. The second-order valence-electron chi connectivity index (χ2n) is 8.95. The van der Waals surface area contributed by atoms with Gasteiger partial charge in [-0.3, -0.25) is 0 Å². The lowest BCUT2D eigenvalue weighted by molar-refractivity contribution is 0.368. The Morgan fingerprint density at radius 3 is 2.23 bits per heavy atom. The molecule has 1 fully saturated rings. The number of nitrogens with two attached hydrogens (primary N) is 1. The Labute approximate surface area is 162 Å². The summed E-state index contributed by atoms with van der Waals surface area (Å²) in [6, 6.07) is 0.119. The van der Waals surface area contributed by atoms with Gasteiger partial charge in [0.25, 0.3) is 0 Å². The van der Waals surface area contributed by atoms with Crippen LogP contribution in [0.1, 0.15) is 53.9 Å². The Morgan fingerprint density at radius 2 is 1.77 bits per heavy atom. The predicted octanol–water partition coefficient (Wildman–Crippen LogP) is 5.05. The van der Waals surface area contributed by atoms with E-state index in [0.29, 0.717) is 28.9 Å². The first-order chi connectivity index (χ1) is 11.9. The minimum absolute atomic E-state index is 0.119. The third kappa shape index (κ3) is 5.69. The van der Waals surface area contributed by atoms with E-state index < -0.39 is 0 Å². The fraction of sp³-hybridized carbons (Fsp3) is 0.652. The standard InChI is InChI=1S/C23H41N3/c1-11-16(4)12-22(18(6)19(7)24)25-17(5)13-20-21(23(20,8)9)14-26(10)15(2)3/h16,20-22,25H,2,5-7,11-14,24H2,1,3-4,8-10H3/t16?,20-,21+,22?/m1/s1. The molecule has 0 radical (unpaired) electrons. The number of hydrogen-bond acceptors (Lipinski definition) is 3. The van der Waals surface area contributed by atoms with Gasteiger partial charge in [0.2, 0.25) is 0 Å². The van der Waals surface area contributed by atoms with Crippen LogP contribution in [-0.4, -0.2) is 24.5 Å². The van der Waals surface area contributed by atoms with Crippen LogP contribution in [0.3, 0.4) is 0 Å². The van der Waals surface area contributed by atoms with E-state index in [4.69, 9.17) is 5.73 Å². The van der Waals surface area contributed by atoms with E-state index in [1.54, 1.807) is 0 Å². The maximum Gasteiger partial charge on any atom is 0.0527 e. The van der Waals surface area contributed by atoms with Gasteiger partial charge in [0.05, 0.1) is 6.04 Å². The van der Waals surface area contributed by atoms with Gasteiger partial charge in [-0.25, -0.2) is 0 Å². The number of allylic oxidation sites excluding steroid dienone is 2. The molecule has 4 atom stereocenters. The van der Waals surface area contributed by atoms with E-state index in [1.165, 1.54) is 0 Å². The first-order valence-corrected chi connectivity index (χ1v) is 9.86. The van der Waals surface area contributed by atoms with Gasteiger partial charge in [-0.05, 0) is 48.5 Å². The first kappa shape index (κ1) is 22.4. The van der Waals surface area contributed by atoms with Gasteiger partial charge < -0.3 is 16.0 Å². The molecule has 1 saturated carbocycles. The minimum atomic E-state index is 0.119. The normalized spacial score (nSPS) is 22.8. The number of rotatable bonds is 12. The van der Waals surface area contributed by atoms with Crippen LogP contribution in [0.15, 0.2) is 49.0 Å². The fourth-order valence-corrected chi connectivity index (χ4v) is 3.73. The van der Waals surface area contributed by atoms with Crippen molar-refractivity contribution in [2.24, 2.45) is 28.9 Å². The van der Waals surface area contributed by atoms with Gasteiger partial charge >= 0.3 is 0 Å². The molecule has 0 aromatic carbocycles. The van der Waals surface area contributed by atoms with Crippen molar-refractivity contribution < 1.29 is 0 Å². The van der Waals surface area contributed by atoms with Gasteiger partial charge in [0.15, 0.2) is 0 Å². The third-order valence-electron chi connectivity index (χ3n) is 6.42. The molecular weight excluding hydrogens is 318 g/mol. The molecule has 0 spiro atoms. The fourth-order valence-electron chi connectivity index (χ4n) is 3.73. The average Bonchev–Trinajstić information content (AvgIpc) is 3.04. The van der Waals surface area contributed by atoms with E-state index in [2.05, 4.69) is 78.2 Å². The molecule has 148 valence electrons. The molecule has 3 nitrogen and oxygen atoms in total. The lowest BCUT2D eigenvalue weighted by atomic mass is 9.93. The molecule has 0 aromatic rings. The van der Waals surface area contributed by atoms with Gasteiger partial charge in [-0.15, -0.1) is 0 Å². The van der Waals surface area contributed by atoms with Crippen LogP contribution in [0.25, 0.3) is 0 Å². The second-order valence-corrected chi connectivity index (χ2v) is 8.95. The molecule has 0 heterocycles. The summed E-state index contributed by atoms with van der Waals surface area (Å²) >= 11 is 0. The molecule has 2 unspecified atom stereocenters. The second kappa shape index (κ2) is 8.83. The van der Waals surface area contributed by atoms with Crippen molar-refractivity contribution in [3.8, 4) is 0 Å². The monoisotopic (exact) mass is 359 g/mol. The molecule has 0 amide bonds. The number of nitrogens with zero attached hydrogens (tertiary/aromatic N) is 1. The summed E-state index contributed by atoms with van der Waals surface area (Å²) in [7, 11) is 2.12. The molecule has 3 heteroatoms. The molecule has 3 N–H and O–H groups in total. The van der Waals surface area contributed by atoms with Gasteiger partial charge in [0, 0.05) is 30.7 Å². The highest BCUT2D eigenvalue weighted by Gasteiger charge is 2.57. The lowest BCUT2D eigenvalue weighted by Gasteiger charge is -2.26. The Hall–Kier alpha value is -1.64. The topological polar surface area (TPSA) is 41.3 Å². The van der Waals surface area contributed by atoms with Crippen molar-refractivity contribution in [3.05, 3.63) is 49.0 Å². The highest BCUT2D eigenvalue weighted by atomic mass is 15.1. The number of hydrogen-bond donors (Lipinski definition) is 2. The van der Waals surface area contributed by atoms with Crippen molar-refractivity contribution in [1.82, 2.24) is 10.2 Å². The van der Waals surface area contributed by atoms with Crippen LogP contribution in [0, 0.1) is 23.2 Å². The lowest BCUT2D eigenvalue weighted by Crippen LogP contribution is -2.33. The van der Waals surface area contributed by atoms with Crippen LogP contribution in [0.4, 0.5) is 0 Å². The van der Waals surface area contributed by atoms with Crippen LogP contribution in [0.5, 0.6) is 0 Å². The van der Waals surface area contributed by atoms with Gasteiger partial charge in [-0.1, -0.05) is 60.4 Å². The Balaban J connectivity index is 2.68.